The molecule has 0 heterocycles. The summed E-state index contributed by atoms with van der Waals surface area (Å²) >= 11 is 0. The van der Waals surface area contributed by atoms with E-state index in [9.17, 15) is 13.2 Å². The average Bonchev–Trinajstić information content (AvgIpc) is 1.86. The van der Waals surface area contributed by atoms with Crippen molar-refractivity contribution >= 4 is 0 Å². The first kappa shape index (κ1) is 10.4. The highest BCUT2D eigenvalue weighted by Gasteiger charge is 2.50. The Kier molecular flexibility index (Phi) is 3.07. The minimum absolute atomic E-state index is 0.378. The standard InChI is InChI=1S/C6H9F3O2/c1-2-5(11,3-4-10)6(7,8)9/h2,10-11H,1,3-4H2. The van der Waals surface area contributed by atoms with Crippen LogP contribution in [-0.4, -0.2) is 28.6 Å². The quantitative estimate of drug-likeness (QED) is 0.616. The van der Waals surface area contributed by atoms with E-state index in [1.165, 1.54) is 0 Å². The number of aliphatic hydroxyl groups is 2. The van der Waals surface area contributed by atoms with E-state index in [1.807, 2.05) is 0 Å². The fourth-order valence-electron chi connectivity index (χ4n) is 0.530. The summed E-state index contributed by atoms with van der Waals surface area (Å²) in [6, 6.07) is 0. The molecule has 0 rings (SSSR count). The van der Waals surface area contributed by atoms with E-state index >= 15 is 0 Å². The SMILES string of the molecule is C=CC(O)(CCO)C(F)(F)F. The van der Waals surface area contributed by atoms with E-state index in [2.05, 4.69) is 6.58 Å². The molecule has 0 fully saturated rings. The molecule has 0 bridgehead atoms. The van der Waals surface area contributed by atoms with Crippen molar-refractivity contribution in [2.75, 3.05) is 6.61 Å². The molecule has 0 aromatic carbocycles. The second-order valence-corrected chi connectivity index (χ2v) is 2.10. The third-order valence-electron chi connectivity index (χ3n) is 1.32. The lowest BCUT2D eigenvalue weighted by atomic mass is 10.0. The predicted octanol–water partition coefficient (Wildman–Crippen LogP) is 0.848. The van der Waals surface area contributed by atoms with Gasteiger partial charge in [0.15, 0.2) is 5.60 Å². The van der Waals surface area contributed by atoms with Crippen LogP contribution < -0.4 is 0 Å². The lowest BCUT2D eigenvalue weighted by Gasteiger charge is -2.25. The molecule has 0 saturated carbocycles. The van der Waals surface area contributed by atoms with Crippen LogP contribution in [0.3, 0.4) is 0 Å². The van der Waals surface area contributed by atoms with E-state index in [1.54, 1.807) is 0 Å². The summed E-state index contributed by atoms with van der Waals surface area (Å²) in [5.74, 6) is 0. The zero-order valence-electron chi connectivity index (χ0n) is 5.73. The summed E-state index contributed by atoms with van der Waals surface area (Å²) in [5, 5.41) is 16.9. The first-order chi connectivity index (χ1) is 4.87. The average molecular weight is 170 g/mol. The molecule has 0 aliphatic rings. The Labute approximate surface area is 62.0 Å². The predicted molar refractivity (Wildman–Crippen MR) is 32.9 cm³/mol. The van der Waals surface area contributed by atoms with E-state index in [-0.39, 0.29) is 0 Å². The molecular formula is C6H9F3O2. The monoisotopic (exact) mass is 170 g/mol. The van der Waals surface area contributed by atoms with E-state index in [0.29, 0.717) is 6.08 Å². The van der Waals surface area contributed by atoms with Gasteiger partial charge in [-0.25, -0.2) is 0 Å². The Morgan fingerprint density at radius 3 is 1.91 bits per heavy atom. The molecule has 0 aliphatic heterocycles. The Morgan fingerprint density at radius 1 is 1.36 bits per heavy atom. The highest BCUT2D eigenvalue weighted by Crippen LogP contribution is 2.33. The van der Waals surface area contributed by atoms with Crippen molar-refractivity contribution in [2.45, 2.75) is 18.2 Å². The Morgan fingerprint density at radius 2 is 1.82 bits per heavy atom. The van der Waals surface area contributed by atoms with Crippen LogP contribution in [0.2, 0.25) is 0 Å². The first-order valence-corrected chi connectivity index (χ1v) is 2.91. The molecule has 2 N–H and O–H groups in total. The second kappa shape index (κ2) is 3.23. The van der Waals surface area contributed by atoms with Gasteiger partial charge in [0.05, 0.1) is 0 Å². The van der Waals surface area contributed by atoms with Crippen molar-refractivity contribution in [3.05, 3.63) is 12.7 Å². The normalized spacial score (nSPS) is 17.5. The minimum atomic E-state index is -4.77. The van der Waals surface area contributed by atoms with Crippen molar-refractivity contribution in [1.82, 2.24) is 0 Å². The number of halogens is 3. The van der Waals surface area contributed by atoms with Crippen LogP contribution in [0.25, 0.3) is 0 Å². The van der Waals surface area contributed by atoms with Gasteiger partial charge in [-0.1, -0.05) is 12.7 Å². The summed E-state index contributed by atoms with van der Waals surface area (Å²) in [5.41, 5.74) is -2.96. The number of rotatable bonds is 3. The second-order valence-electron chi connectivity index (χ2n) is 2.10. The maximum Gasteiger partial charge on any atom is 0.420 e. The number of alkyl halides is 3. The third-order valence-corrected chi connectivity index (χ3v) is 1.32. The van der Waals surface area contributed by atoms with E-state index in [0.717, 1.165) is 0 Å². The van der Waals surface area contributed by atoms with E-state index < -0.39 is 24.8 Å². The summed E-state index contributed by atoms with van der Waals surface area (Å²) in [6.07, 6.45) is -5.17. The molecule has 11 heavy (non-hydrogen) atoms. The van der Waals surface area contributed by atoms with Gasteiger partial charge in [0, 0.05) is 13.0 Å². The van der Waals surface area contributed by atoms with Gasteiger partial charge in [0.25, 0.3) is 0 Å². The van der Waals surface area contributed by atoms with Crippen molar-refractivity contribution in [3.8, 4) is 0 Å². The smallest absolute Gasteiger partial charge is 0.396 e. The summed E-state index contributed by atoms with van der Waals surface area (Å²) in [4.78, 5) is 0. The van der Waals surface area contributed by atoms with Gasteiger partial charge in [-0.2, -0.15) is 13.2 Å². The summed E-state index contributed by atoms with van der Waals surface area (Å²) in [7, 11) is 0. The van der Waals surface area contributed by atoms with Gasteiger partial charge in [0.2, 0.25) is 0 Å². The maximum atomic E-state index is 11.9. The number of hydrogen-bond donors (Lipinski definition) is 2. The fourth-order valence-corrected chi connectivity index (χ4v) is 0.530. The van der Waals surface area contributed by atoms with Crippen LogP contribution in [0.15, 0.2) is 12.7 Å². The molecule has 0 amide bonds. The molecule has 66 valence electrons. The number of aliphatic hydroxyl groups excluding tert-OH is 1. The Hall–Kier alpha value is -0.550. The van der Waals surface area contributed by atoms with Crippen LogP contribution in [0.5, 0.6) is 0 Å². The van der Waals surface area contributed by atoms with Crippen LogP contribution >= 0.6 is 0 Å². The molecule has 0 saturated heterocycles. The minimum Gasteiger partial charge on any atom is -0.396 e. The van der Waals surface area contributed by atoms with Gasteiger partial charge in [-0.05, 0) is 0 Å². The maximum absolute atomic E-state index is 11.9. The van der Waals surface area contributed by atoms with Crippen molar-refractivity contribution in [2.24, 2.45) is 0 Å². The zero-order valence-corrected chi connectivity index (χ0v) is 5.73. The topological polar surface area (TPSA) is 40.5 Å². The highest BCUT2D eigenvalue weighted by atomic mass is 19.4. The molecule has 2 nitrogen and oxygen atoms in total. The molecule has 0 aromatic rings. The van der Waals surface area contributed by atoms with E-state index in [4.69, 9.17) is 10.2 Å². The molecule has 5 heteroatoms. The third kappa shape index (κ3) is 2.20. The van der Waals surface area contributed by atoms with Gasteiger partial charge in [-0.3, -0.25) is 0 Å². The highest BCUT2D eigenvalue weighted by molar-refractivity contribution is 5.01. The Balaban J connectivity index is 4.46. The summed E-state index contributed by atoms with van der Waals surface area (Å²) < 4.78 is 35.6. The van der Waals surface area contributed by atoms with Gasteiger partial charge in [0.1, 0.15) is 0 Å². The van der Waals surface area contributed by atoms with Gasteiger partial charge in [-0.15, -0.1) is 0 Å². The molecule has 0 aromatic heterocycles. The lowest BCUT2D eigenvalue weighted by Crippen LogP contribution is -2.43. The van der Waals surface area contributed by atoms with Gasteiger partial charge < -0.3 is 10.2 Å². The largest absolute Gasteiger partial charge is 0.420 e. The van der Waals surface area contributed by atoms with Crippen LogP contribution in [-0.2, 0) is 0 Å². The van der Waals surface area contributed by atoms with Crippen LogP contribution in [0, 0.1) is 0 Å². The molecule has 0 aliphatic carbocycles. The Bertz CT molecular complexity index is 143. The van der Waals surface area contributed by atoms with Crippen molar-refractivity contribution in [3.63, 3.8) is 0 Å². The molecule has 1 atom stereocenters. The molecule has 1 unspecified atom stereocenters. The molecular weight excluding hydrogens is 161 g/mol. The van der Waals surface area contributed by atoms with Crippen molar-refractivity contribution in [1.29, 1.82) is 0 Å². The zero-order chi connectivity index (χ0) is 9.12. The van der Waals surface area contributed by atoms with Crippen molar-refractivity contribution < 1.29 is 23.4 Å². The lowest BCUT2D eigenvalue weighted by molar-refractivity contribution is -0.243. The molecule has 0 spiro atoms. The first-order valence-electron chi connectivity index (χ1n) is 2.91. The van der Waals surface area contributed by atoms with Crippen LogP contribution in [0.1, 0.15) is 6.42 Å². The van der Waals surface area contributed by atoms with Crippen LogP contribution in [0.4, 0.5) is 13.2 Å². The van der Waals surface area contributed by atoms with Gasteiger partial charge >= 0.3 is 6.18 Å². The molecule has 0 radical (unpaired) electrons. The summed E-state index contributed by atoms with van der Waals surface area (Å²) in [6.45, 7) is 2.10. The fraction of sp³-hybridized carbons (Fsp3) is 0.667. The number of hydrogen-bond acceptors (Lipinski definition) is 2.